The van der Waals surface area contributed by atoms with Crippen LogP contribution in [0.1, 0.15) is 24.2 Å². The lowest BCUT2D eigenvalue weighted by Crippen LogP contribution is -2.39. The Labute approximate surface area is 148 Å². The minimum atomic E-state index is -3.07. The van der Waals surface area contributed by atoms with Crippen molar-refractivity contribution in [2.24, 2.45) is 5.92 Å². The molecule has 1 aliphatic heterocycles. The first-order valence-corrected chi connectivity index (χ1v) is 10.2. The van der Waals surface area contributed by atoms with Crippen molar-refractivity contribution >= 4 is 15.8 Å². The van der Waals surface area contributed by atoms with Crippen LogP contribution in [0.2, 0.25) is 0 Å². The topological polar surface area (TPSA) is 93.0 Å². The van der Waals surface area contributed by atoms with Gasteiger partial charge in [-0.2, -0.15) is 5.10 Å². The maximum absolute atomic E-state index is 11.6. The highest BCUT2D eigenvalue weighted by atomic mass is 32.2. The van der Waals surface area contributed by atoms with Crippen molar-refractivity contribution in [2.45, 2.75) is 26.7 Å². The monoisotopic (exact) mass is 364 g/mol. The van der Waals surface area contributed by atoms with Crippen molar-refractivity contribution in [3.63, 3.8) is 0 Å². The number of nitrogens with one attached hydrogen (secondary N) is 1. The Morgan fingerprint density at radius 3 is 2.56 bits per heavy atom. The van der Waals surface area contributed by atoms with Gasteiger partial charge in [0.25, 0.3) is 0 Å². The molecule has 0 amide bonds. The lowest BCUT2D eigenvalue weighted by molar-refractivity contribution is 0.283. The molecule has 1 saturated heterocycles. The van der Waals surface area contributed by atoms with E-state index in [1.165, 1.54) is 6.26 Å². The smallest absolute Gasteiger partial charge is 0.211 e. The van der Waals surface area contributed by atoms with Crippen LogP contribution in [-0.2, 0) is 10.0 Å². The number of hydrogen-bond acceptors (Lipinski definition) is 6. The maximum atomic E-state index is 11.6. The van der Waals surface area contributed by atoms with E-state index in [1.54, 1.807) is 21.4 Å². The Morgan fingerprint density at radius 2 is 1.96 bits per heavy atom. The molecule has 2 aromatic heterocycles. The minimum absolute atomic E-state index is 0.428. The van der Waals surface area contributed by atoms with Crippen LogP contribution in [0.25, 0.3) is 5.82 Å². The molecule has 1 N–H and O–H groups in total. The molecular formula is C16H24N6O2S. The van der Waals surface area contributed by atoms with Crippen LogP contribution in [-0.4, -0.2) is 58.4 Å². The molecule has 0 saturated carbocycles. The van der Waals surface area contributed by atoms with E-state index < -0.39 is 10.0 Å². The predicted molar refractivity (Wildman–Crippen MR) is 96.3 cm³/mol. The molecule has 0 radical (unpaired) electrons. The molecule has 0 bridgehead atoms. The van der Waals surface area contributed by atoms with Gasteiger partial charge in [-0.25, -0.2) is 22.4 Å². The highest BCUT2D eigenvalue weighted by Crippen LogP contribution is 2.20. The SMILES string of the molecule is Cc1cc(C)n(-c2cncc(NCC3CCN(S(C)(=O)=O)CC3)n2)n1. The summed E-state index contributed by atoms with van der Waals surface area (Å²) in [5.74, 6) is 1.82. The van der Waals surface area contributed by atoms with Gasteiger partial charge in [0.05, 0.1) is 24.3 Å². The zero-order valence-corrected chi connectivity index (χ0v) is 15.6. The van der Waals surface area contributed by atoms with E-state index in [0.717, 1.165) is 30.8 Å². The van der Waals surface area contributed by atoms with E-state index in [1.807, 2.05) is 19.9 Å². The number of rotatable bonds is 5. The molecule has 0 atom stereocenters. The molecule has 3 heterocycles. The van der Waals surface area contributed by atoms with E-state index in [-0.39, 0.29) is 0 Å². The lowest BCUT2D eigenvalue weighted by atomic mass is 9.98. The van der Waals surface area contributed by atoms with Gasteiger partial charge >= 0.3 is 0 Å². The van der Waals surface area contributed by atoms with Crippen LogP contribution in [0.5, 0.6) is 0 Å². The Kier molecular flexibility index (Phi) is 5.05. The Bertz CT molecular complexity index is 840. The van der Waals surface area contributed by atoms with Crippen LogP contribution in [0, 0.1) is 19.8 Å². The van der Waals surface area contributed by atoms with Gasteiger partial charge in [-0.15, -0.1) is 0 Å². The average molecular weight is 364 g/mol. The third-order valence-electron chi connectivity index (χ3n) is 4.46. The first kappa shape index (κ1) is 17.8. The van der Waals surface area contributed by atoms with Crippen LogP contribution >= 0.6 is 0 Å². The number of aryl methyl sites for hydroxylation is 2. The van der Waals surface area contributed by atoms with E-state index in [2.05, 4.69) is 20.4 Å². The zero-order chi connectivity index (χ0) is 18.0. The number of aromatic nitrogens is 4. The maximum Gasteiger partial charge on any atom is 0.211 e. The number of sulfonamides is 1. The van der Waals surface area contributed by atoms with Crippen LogP contribution in [0.3, 0.4) is 0 Å². The fourth-order valence-electron chi connectivity index (χ4n) is 3.10. The van der Waals surface area contributed by atoms with Crippen LogP contribution < -0.4 is 5.32 Å². The van der Waals surface area contributed by atoms with Crippen molar-refractivity contribution in [2.75, 3.05) is 31.2 Å². The summed E-state index contributed by atoms with van der Waals surface area (Å²) in [7, 11) is -3.07. The van der Waals surface area contributed by atoms with Crippen molar-refractivity contribution < 1.29 is 8.42 Å². The summed E-state index contributed by atoms with van der Waals surface area (Å²) < 4.78 is 26.4. The van der Waals surface area contributed by atoms with E-state index >= 15 is 0 Å². The molecule has 0 aromatic carbocycles. The summed E-state index contributed by atoms with van der Waals surface area (Å²) in [5.41, 5.74) is 1.95. The average Bonchev–Trinajstić information content (AvgIpc) is 2.91. The van der Waals surface area contributed by atoms with E-state index in [4.69, 9.17) is 0 Å². The summed E-state index contributed by atoms with van der Waals surface area (Å²) in [4.78, 5) is 8.82. The molecule has 3 rings (SSSR count). The van der Waals surface area contributed by atoms with Crippen molar-refractivity contribution in [1.29, 1.82) is 0 Å². The van der Waals surface area contributed by atoms with Crippen molar-refractivity contribution in [3.8, 4) is 5.82 Å². The number of anilines is 1. The summed E-state index contributed by atoms with van der Waals surface area (Å²) in [6, 6.07) is 2.00. The molecule has 8 nitrogen and oxygen atoms in total. The summed E-state index contributed by atoms with van der Waals surface area (Å²) >= 11 is 0. The predicted octanol–water partition coefficient (Wildman–Crippen LogP) is 1.36. The summed E-state index contributed by atoms with van der Waals surface area (Å²) in [6.07, 6.45) is 6.36. The molecule has 0 aliphatic carbocycles. The molecule has 2 aromatic rings. The fraction of sp³-hybridized carbons (Fsp3) is 0.562. The third-order valence-corrected chi connectivity index (χ3v) is 5.77. The quantitative estimate of drug-likeness (QED) is 0.861. The van der Waals surface area contributed by atoms with Crippen molar-refractivity contribution in [3.05, 3.63) is 29.8 Å². The molecule has 9 heteroatoms. The van der Waals surface area contributed by atoms with E-state index in [9.17, 15) is 8.42 Å². The van der Waals surface area contributed by atoms with Gasteiger partial charge < -0.3 is 5.32 Å². The van der Waals surface area contributed by atoms with Gasteiger partial charge in [0.15, 0.2) is 5.82 Å². The molecule has 1 fully saturated rings. The van der Waals surface area contributed by atoms with Gasteiger partial charge in [0.2, 0.25) is 10.0 Å². The second kappa shape index (κ2) is 7.09. The number of nitrogens with zero attached hydrogens (tertiary/aromatic N) is 5. The second-order valence-corrected chi connectivity index (χ2v) is 8.57. The van der Waals surface area contributed by atoms with Crippen LogP contribution in [0.15, 0.2) is 18.5 Å². The number of hydrogen-bond donors (Lipinski definition) is 1. The standard InChI is InChI=1S/C16H24N6O2S/c1-12-8-13(2)22(20-12)16-11-17-10-15(19-16)18-9-14-4-6-21(7-5-14)25(3,23)24/h8,10-11,14H,4-7,9H2,1-3H3,(H,18,19). The van der Waals surface area contributed by atoms with Gasteiger partial charge in [-0.05, 0) is 38.7 Å². The second-order valence-electron chi connectivity index (χ2n) is 6.59. The number of piperidine rings is 1. The first-order chi connectivity index (χ1) is 11.8. The summed E-state index contributed by atoms with van der Waals surface area (Å²) in [6.45, 7) is 5.86. The van der Waals surface area contributed by atoms with Gasteiger partial charge in [0.1, 0.15) is 5.82 Å². The first-order valence-electron chi connectivity index (χ1n) is 8.37. The van der Waals surface area contributed by atoms with Gasteiger partial charge in [-0.3, -0.25) is 4.98 Å². The van der Waals surface area contributed by atoms with Crippen molar-refractivity contribution in [1.82, 2.24) is 24.1 Å². The highest BCUT2D eigenvalue weighted by Gasteiger charge is 2.24. The minimum Gasteiger partial charge on any atom is -0.368 e. The molecule has 1 aliphatic rings. The lowest BCUT2D eigenvalue weighted by Gasteiger charge is -2.30. The van der Waals surface area contributed by atoms with Gasteiger partial charge in [0, 0.05) is 25.3 Å². The largest absolute Gasteiger partial charge is 0.368 e. The molecule has 0 spiro atoms. The summed E-state index contributed by atoms with van der Waals surface area (Å²) in [5, 5.41) is 7.75. The Balaban J connectivity index is 1.60. The molecule has 25 heavy (non-hydrogen) atoms. The molecule has 0 unspecified atom stereocenters. The fourth-order valence-corrected chi connectivity index (χ4v) is 3.97. The van der Waals surface area contributed by atoms with Crippen LogP contribution in [0.4, 0.5) is 5.82 Å². The van der Waals surface area contributed by atoms with E-state index in [0.29, 0.717) is 30.6 Å². The highest BCUT2D eigenvalue weighted by molar-refractivity contribution is 7.88. The Morgan fingerprint density at radius 1 is 1.24 bits per heavy atom. The Hall–Kier alpha value is -2.00. The normalized spacial score (nSPS) is 16.9. The molecule has 136 valence electrons. The van der Waals surface area contributed by atoms with Gasteiger partial charge in [-0.1, -0.05) is 0 Å². The zero-order valence-electron chi connectivity index (χ0n) is 14.8. The molecular weight excluding hydrogens is 340 g/mol. The third kappa shape index (κ3) is 4.35.